The van der Waals surface area contributed by atoms with Crippen molar-refractivity contribution in [3.05, 3.63) is 62.4 Å². The Morgan fingerprint density at radius 1 is 1.42 bits per heavy atom. The predicted molar refractivity (Wildman–Crippen MR) is 74.3 cm³/mol. The lowest BCUT2D eigenvalue weighted by Crippen LogP contribution is -2.08. The fraction of sp³-hybridized carbons (Fsp3) is 0.154. The molecule has 19 heavy (non-hydrogen) atoms. The van der Waals surface area contributed by atoms with Crippen molar-refractivity contribution in [2.45, 2.75) is 13.5 Å². The van der Waals surface area contributed by atoms with E-state index in [4.69, 9.17) is 0 Å². The number of benzene rings is 1. The summed E-state index contributed by atoms with van der Waals surface area (Å²) in [5, 5.41) is 11.0. The third kappa shape index (κ3) is 2.90. The van der Waals surface area contributed by atoms with E-state index in [1.807, 2.05) is 0 Å². The Kier molecular flexibility index (Phi) is 3.80. The van der Waals surface area contributed by atoms with Crippen molar-refractivity contribution in [1.29, 1.82) is 0 Å². The molecule has 0 saturated carbocycles. The number of rotatable bonds is 4. The van der Waals surface area contributed by atoms with Crippen molar-refractivity contribution in [1.82, 2.24) is 4.57 Å². The Morgan fingerprint density at radius 2 is 2.16 bits per heavy atom. The second-order valence-electron chi connectivity index (χ2n) is 4.11. The van der Waals surface area contributed by atoms with Crippen LogP contribution in [-0.2, 0) is 6.54 Å². The highest BCUT2D eigenvalue weighted by molar-refractivity contribution is 9.10. The summed E-state index contributed by atoms with van der Waals surface area (Å²) in [5.41, 5.74) is 1.14. The molecular formula is C13H11BrN2O3. The van der Waals surface area contributed by atoms with E-state index in [9.17, 15) is 14.9 Å². The van der Waals surface area contributed by atoms with Crippen LogP contribution < -0.4 is 0 Å². The first-order chi connectivity index (χ1) is 8.99. The lowest BCUT2D eigenvalue weighted by atomic mass is 10.1. The third-order valence-electron chi connectivity index (χ3n) is 2.77. The van der Waals surface area contributed by atoms with Crippen LogP contribution in [0, 0.1) is 10.1 Å². The van der Waals surface area contributed by atoms with E-state index in [2.05, 4.69) is 15.9 Å². The summed E-state index contributed by atoms with van der Waals surface area (Å²) in [5.74, 6) is -0.0650. The van der Waals surface area contributed by atoms with Gasteiger partial charge in [-0.25, -0.2) is 0 Å². The molecule has 0 amide bonds. The molecule has 2 aromatic rings. The van der Waals surface area contributed by atoms with Gasteiger partial charge in [0.2, 0.25) is 0 Å². The molecule has 0 aliphatic heterocycles. The first-order valence-corrected chi connectivity index (χ1v) is 6.37. The molecule has 1 aromatic heterocycles. The zero-order valence-corrected chi connectivity index (χ0v) is 11.8. The number of nitrogens with zero attached hydrogens (tertiary/aromatic N) is 2. The molecule has 5 nitrogen and oxygen atoms in total. The quantitative estimate of drug-likeness (QED) is 0.492. The zero-order chi connectivity index (χ0) is 14.0. The van der Waals surface area contributed by atoms with Gasteiger partial charge >= 0.3 is 0 Å². The molecule has 0 radical (unpaired) electrons. The summed E-state index contributed by atoms with van der Waals surface area (Å²) >= 11 is 3.21. The lowest BCUT2D eigenvalue weighted by molar-refractivity contribution is -0.385. The highest BCUT2D eigenvalue weighted by atomic mass is 79.9. The Bertz CT molecular complexity index is 649. The fourth-order valence-electron chi connectivity index (χ4n) is 1.90. The second-order valence-corrected chi connectivity index (χ2v) is 5.02. The van der Waals surface area contributed by atoms with Crippen LogP contribution >= 0.6 is 15.9 Å². The molecular weight excluding hydrogens is 312 g/mol. The van der Waals surface area contributed by atoms with Gasteiger partial charge in [-0.05, 0) is 24.3 Å². The van der Waals surface area contributed by atoms with Crippen LogP contribution in [0.4, 0.5) is 5.69 Å². The van der Waals surface area contributed by atoms with E-state index in [-0.39, 0.29) is 11.5 Å². The molecule has 0 saturated heterocycles. The molecule has 0 unspecified atom stereocenters. The Labute approximate surface area is 118 Å². The molecule has 0 aliphatic rings. The topological polar surface area (TPSA) is 65.1 Å². The molecule has 0 atom stereocenters. The highest BCUT2D eigenvalue weighted by Gasteiger charge is 2.16. The first kappa shape index (κ1) is 13.5. The number of carbonyl (C=O) groups excluding carboxylic acids is 1. The van der Waals surface area contributed by atoms with Gasteiger partial charge in [-0.2, -0.15) is 0 Å². The highest BCUT2D eigenvalue weighted by Crippen LogP contribution is 2.24. The van der Waals surface area contributed by atoms with Crippen LogP contribution in [0.5, 0.6) is 0 Å². The fourth-order valence-corrected chi connectivity index (χ4v) is 2.24. The maximum absolute atomic E-state index is 11.4. The van der Waals surface area contributed by atoms with Crippen LogP contribution in [0.1, 0.15) is 23.0 Å². The van der Waals surface area contributed by atoms with Crippen molar-refractivity contribution in [2.24, 2.45) is 0 Å². The van der Waals surface area contributed by atoms with Crippen molar-refractivity contribution >= 4 is 27.4 Å². The number of aromatic nitrogens is 1. The number of nitro benzene ring substituents is 1. The first-order valence-electron chi connectivity index (χ1n) is 5.58. The summed E-state index contributed by atoms with van der Waals surface area (Å²) in [4.78, 5) is 22.0. The maximum atomic E-state index is 11.4. The molecule has 0 fully saturated rings. The molecule has 98 valence electrons. The van der Waals surface area contributed by atoms with Crippen molar-refractivity contribution < 1.29 is 9.72 Å². The minimum absolute atomic E-state index is 0.0394. The van der Waals surface area contributed by atoms with E-state index < -0.39 is 4.92 Å². The third-order valence-corrected chi connectivity index (χ3v) is 3.27. The molecule has 1 aromatic carbocycles. The summed E-state index contributed by atoms with van der Waals surface area (Å²) < 4.78 is 2.36. The number of hydrogen-bond donors (Lipinski definition) is 0. The maximum Gasteiger partial charge on any atom is 0.275 e. The molecule has 0 N–H and O–H groups in total. The van der Waals surface area contributed by atoms with Crippen molar-refractivity contribution in [2.75, 3.05) is 0 Å². The average Bonchev–Trinajstić information content (AvgIpc) is 2.79. The van der Waals surface area contributed by atoms with Crippen molar-refractivity contribution in [3.8, 4) is 0 Å². The smallest absolute Gasteiger partial charge is 0.275 e. The summed E-state index contributed by atoms with van der Waals surface area (Å²) in [7, 11) is 0. The van der Waals surface area contributed by atoms with Crippen LogP contribution in [0.2, 0.25) is 0 Å². The number of Topliss-reactive ketones (excluding diaryl/α,β-unsaturated/α-hetero) is 1. The van der Waals surface area contributed by atoms with Gasteiger partial charge in [-0.1, -0.05) is 15.9 Å². The molecule has 0 aliphatic carbocycles. The molecule has 2 rings (SSSR count). The van der Waals surface area contributed by atoms with Gasteiger partial charge in [0, 0.05) is 29.2 Å². The minimum Gasteiger partial charge on any atom is -0.340 e. The molecule has 6 heteroatoms. The summed E-state index contributed by atoms with van der Waals surface area (Å²) in [6, 6.07) is 8.35. The van der Waals surface area contributed by atoms with E-state index in [0.29, 0.717) is 22.3 Å². The van der Waals surface area contributed by atoms with Gasteiger partial charge in [-0.3, -0.25) is 14.9 Å². The van der Waals surface area contributed by atoms with Gasteiger partial charge in [0.15, 0.2) is 5.78 Å². The largest absolute Gasteiger partial charge is 0.340 e. The summed E-state index contributed by atoms with van der Waals surface area (Å²) in [6.45, 7) is 1.77. The lowest BCUT2D eigenvalue weighted by Gasteiger charge is -2.08. The van der Waals surface area contributed by atoms with E-state index >= 15 is 0 Å². The monoisotopic (exact) mass is 322 g/mol. The summed E-state index contributed by atoms with van der Waals surface area (Å²) in [6.07, 6.45) is 1.74. The van der Waals surface area contributed by atoms with Gasteiger partial charge < -0.3 is 4.57 Å². The van der Waals surface area contributed by atoms with Crippen LogP contribution in [-0.4, -0.2) is 15.3 Å². The number of carbonyl (C=O) groups is 1. The predicted octanol–water partition coefficient (Wildman–Crippen LogP) is 3.41. The number of halogens is 1. The molecule has 1 heterocycles. The van der Waals surface area contributed by atoms with Gasteiger partial charge in [0.25, 0.3) is 5.69 Å². The molecule has 0 spiro atoms. The normalized spacial score (nSPS) is 10.4. The number of ketones is 1. The minimum atomic E-state index is -0.420. The SMILES string of the molecule is CC(=O)c1cccn1Cc1ccc(Br)cc1[N+](=O)[O-]. The zero-order valence-electron chi connectivity index (χ0n) is 10.2. The second kappa shape index (κ2) is 5.36. The van der Waals surface area contributed by atoms with Gasteiger partial charge in [-0.15, -0.1) is 0 Å². The standard InChI is InChI=1S/C13H11BrN2O3/c1-9(17)12-3-2-6-15(12)8-10-4-5-11(14)7-13(10)16(18)19/h2-7H,8H2,1H3. The Balaban J connectivity index is 2.41. The number of hydrogen-bond acceptors (Lipinski definition) is 3. The van der Waals surface area contributed by atoms with E-state index in [1.54, 1.807) is 35.0 Å². The molecule has 0 bridgehead atoms. The van der Waals surface area contributed by atoms with Crippen LogP contribution in [0.25, 0.3) is 0 Å². The Hall–Kier alpha value is -1.95. The van der Waals surface area contributed by atoms with Crippen molar-refractivity contribution in [3.63, 3.8) is 0 Å². The van der Waals surface area contributed by atoms with Crippen LogP contribution in [0.3, 0.4) is 0 Å². The average molecular weight is 323 g/mol. The number of nitro groups is 1. The van der Waals surface area contributed by atoms with E-state index in [1.165, 1.54) is 13.0 Å². The van der Waals surface area contributed by atoms with E-state index in [0.717, 1.165) is 0 Å². The Morgan fingerprint density at radius 3 is 2.79 bits per heavy atom. The van der Waals surface area contributed by atoms with Gasteiger partial charge in [0.05, 0.1) is 17.2 Å². The van der Waals surface area contributed by atoms with Crippen LogP contribution in [0.15, 0.2) is 41.0 Å². The van der Waals surface area contributed by atoms with Gasteiger partial charge in [0.1, 0.15) is 0 Å².